The Labute approximate surface area is 198 Å². The largest absolute Gasteiger partial charge is 0.348 e. The highest BCUT2D eigenvalue weighted by molar-refractivity contribution is 8.93. The van der Waals surface area contributed by atoms with Crippen molar-refractivity contribution in [2.45, 2.75) is 45.0 Å². The molecule has 0 aromatic heterocycles. The molecule has 0 radical (unpaired) electrons. The molecule has 0 saturated carbocycles. The van der Waals surface area contributed by atoms with Crippen molar-refractivity contribution < 1.29 is 9.47 Å². The molecule has 0 N–H and O–H groups in total. The molecule has 3 aromatic rings. The van der Waals surface area contributed by atoms with Crippen molar-refractivity contribution in [3.63, 3.8) is 0 Å². The Morgan fingerprint density at radius 1 is 0.742 bits per heavy atom. The van der Waals surface area contributed by atoms with E-state index in [1.807, 2.05) is 13.8 Å². The monoisotopic (exact) mass is 499 g/mol. The summed E-state index contributed by atoms with van der Waals surface area (Å²) in [5.41, 5.74) is 0. The molecule has 4 heteroatoms. The summed E-state index contributed by atoms with van der Waals surface area (Å²) in [5.74, 6) is -0.431. The molecule has 4 rings (SSSR count). The Kier molecular flexibility index (Phi) is 8.47. The molecule has 0 amide bonds. The maximum atomic E-state index is 6.02. The molecule has 1 aliphatic heterocycles. The van der Waals surface area contributed by atoms with Crippen LogP contribution in [0.4, 0.5) is 0 Å². The van der Waals surface area contributed by atoms with Crippen LogP contribution in [-0.2, 0) is 9.47 Å². The van der Waals surface area contributed by atoms with Gasteiger partial charge in [0, 0.05) is 0 Å². The Bertz CT molecular complexity index is 819. The maximum absolute atomic E-state index is 6.02. The van der Waals surface area contributed by atoms with Crippen molar-refractivity contribution in [1.82, 2.24) is 0 Å². The van der Waals surface area contributed by atoms with Crippen LogP contribution in [0, 0.1) is 0 Å². The average Bonchev–Trinajstić information content (AvgIpc) is 3.14. The van der Waals surface area contributed by atoms with Crippen LogP contribution in [0.1, 0.15) is 33.1 Å². The van der Waals surface area contributed by atoms with E-state index in [0.29, 0.717) is 6.61 Å². The zero-order valence-electron chi connectivity index (χ0n) is 18.4. The molecule has 164 valence electrons. The van der Waals surface area contributed by atoms with Crippen molar-refractivity contribution in [3.05, 3.63) is 91.0 Å². The first-order valence-electron chi connectivity index (χ1n) is 11.0. The zero-order valence-corrected chi connectivity index (χ0v) is 21.1. The Balaban J connectivity index is 0.00000272. The number of benzene rings is 3. The zero-order chi connectivity index (χ0) is 20.9. The van der Waals surface area contributed by atoms with E-state index in [9.17, 15) is 0 Å². The fraction of sp³-hybridized carbons (Fsp3) is 0.333. The number of halogens is 1. The quantitative estimate of drug-likeness (QED) is 0.284. The van der Waals surface area contributed by atoms with Gasteiger partial charge in [0.05, 0.1) is 18.9 Å². The second-order valence-corrected chi connectivity index (χ2v) is 12.1. The normalized spacial score (nSPS) is 17.8. The van der Waals surface area contributed by atoms with Crippen LogP contribution in [0.15, 0.2) is 91.0 Å². The van der Waals surface area contributed by atoms with Gasteiger partial charge >= 0.3 is 0 Å². The van der Waals surface area contributed by atoms with Gasteiger partial charge in [-0.3, -0.25) is 0 Å². The van der Waals surface area contributed by atoms with Gasteiger partial charge in [0.1, 0.15) is 23.2 Å². The van der Waals surface area contributed by atoms with Gasteiger partial charge in [-0.1, -0.05) is 54.6 Å². The minimum absolute atomic E-state index is 0. The first-order chi connectivity index (χ1) is 14.6. The van der Waals surface area contributed by atoms with E-state index in [1.54, 1.807) is 0 Å². The molecule has 1 saturated heterocycles. The molecule has 0 aliphatic carbocycles. The first-order valence-corrected chi connectivity index (χ1v) is 12.9. The van der Waals surface area contributed by atoms with E-state index < -0.39 is 13.0 Å². The van der Waals surface area contributed by atoms with E-state index in [2.05, 4.69) is 91.0 Å². The number of unbranched alkanes of at least 4 members (excludes halogenated alkanes) is 1. The molecular weight excluding hydrogens is 467 g/mol. The van der Waals surface area contributed by atoms with E-state index in [0.717, 1.165) is 12.8 Å². The lowest BCUT2D eigenvalue weighted by Crippen LogP contribution is -2.33. The molecule has 3 aromatic carbocycles. The topological polar surface area (TPSA) is 18.5 Å². The summed E-state index contributed by atoms with van der Waals surface area (Å²) in [4.78, 5) is 0. The predicted octanol–water partition coefficient (Wildman–Crippen LogP) is 5.88. The summed E-state index contributed by atoms with van der Waals surface area (Å²) in [6, 6.07) is 33.4. The Morgan fingerprint density at radius 2 is 1.19 bits per heavy atom. The smallest absolute Gasteiger partial charge is 0.163 e. The third kappa shape index (κ3) is 5.65. The lowest BCUT2D eigenvalue weighted by molar-refractivity contribution is -0.139. The maximum Gasteiger partial charge on any atom is 0.163 e. The molecule has 0 bridgehead atoms. The van der Waals surface area contributed by atoms with Crippen LogP contribution < -0.4 is 15.9 Å². The van der Waals surface area contributed by atoms with Gasteiger partial charge in [-0.15, -0.1) is 17.0 Å². The molecule has 0 spiro atoms. The van der Waals surface area contributed by atoms with Gasteiger partial charge in [0.25, 0.3) is 0 Å². The molecule has 1 unspecified atom stereocenters. The SMILES string of the molecule is Br.CC1(C)OCC(CCCC[P+](c2ccccc2)(c2ccccc2)c2ccccc2)O1. The predicted molar refractivity (Wildman–Crippen MR) is 139 cm³/mol. The van der Waals surface area contributed by atoms with Crippen molar-refractivity contribution >= 4 is 40.2 Å². The Morgan fingerprint density at radius 3 is 1.58 bits per heavy atom. The summed E-state index contributed by atoms with van der Waals surface area (Å²) < 4.78 is 11.8. The number of rotatable bonds is 8. The lowest BCUT2D eigenvalue weighted by atomic mass is 10.2. The van der Waals surface area contributed by atoms with Gasteiger partial charge < -0.3 is 9.47 Å². The van der Waals surface area contributed by atoms with Crippen molar-refractivity contribution in [1.29, 1.82) is 0 Å². The van der Waals surface area contributed by atoms with Gasteiger partial charge in [0.15, 0.2) is 5.79 Å². The summed E-state index contributed by atoms with van der Waals surface area (Å²) >= 11 is 0. The highest BCUT2D eigenvalue weighted by Crippen LogP contribution is 2.56. The molecular formula is C27H33BrO2P+. The van der Waals surface area contributed by atoms with Gasteiger partial charge in [0.2, 0.25) is 0 Å². The summed E-state index contributed by atoms with van der Waals surface area (Å²) in [7, 11) is -1.71. The van der Waals surface area contributed by atoms with Crippen molar-refractivity contribution in [2.75, 3.05) is 12.8 Å². The molecule has 31 heavy (non-hydrogen) atoms. The highest BCUT2D eigenvalue weighted by atomic mass is 79.9. The van der Waals surface area contributed by atoms with Crippen LogP contribution in [0.5, 0.6) is 0 Å². The summed E-state index contributed by atoms with van der Waals surface area (Å²) in [6.45, 7) is 4.72. The third-order valence-corrected chi connectivity index (χ3v) is 10.5. The van der Waals surface area contributed by atoms with Crippen LogP contribution in [0.2, 0.25) is 0 Å². The molecule has 1 heterocycles. The van der Waals surface area contributed by atoms with E-state index in [-0.39, 0.29) is 23.1 Å². The van der Waals surface area contributed by atoms with E-state index in [4.69, 9.17) is 9.47 Å². The van der Waals surface area contributed by atoms with E-state index >= 15 is 0 Å². The highest BCUT2D eigenvalue weighted by Gasteiger charge is 2.44. The van der Waals surface area contributed by atoms with Gasteiger partial charge in [-0.25, -0.2) is 0 Å². The van der Waals surface area contributed by atoms with Crippen LogP contribution in [0.25, 0.3) is 0 Å². The van der Waals surface area contributed by atoms with Gasteiger partial charge in [-0.05, 0) is 69.5 Å². The average molecular weight is 500 g/mol. The minimum Gasteiger partial charge on any atom is -0.348 e. The molecule has 1 aliphatic rings. The number of hydrogen-bond donors (Lipinski definition) is 0. The Hall–Kier alpha value is -1.51. The first kappa shape index (κ1) is 24.1. The van der Waals surface area contributed by atoms with Crippen molar-refractivity contribution in [2.24, 2.45) is 0 Å². The molecule has 1 atom stereocenters. The third-order valence-electron chi connectivity index (χ3n) is 5.93. The molecule has 1 fully saturated rings. The second-order valence-electron chi connectivity index (χ2n) is 8.49. The summed E-state index contributed by atoms with van der Waals surface area (Å²) in [6.07, 6.45) is 4.77. The minimum atomic E-state index is -1.71. The fourth-order valence-corrected chi connectivity index (χ4v) is 8.92. The molecule has 2 nitrogen and oxygen atoms in total. The lowest BCUT2D eigenvalue weighted by Gasteiger charge is -2.28. The van der Waals surface area contributed by atoms with Crippen LogP contribution in [0.3, 0.4) is 0 Å². The van der Waals surface area contributed by atoms with Crippen LogP contribution in [-0.4, -0.2) is 24.7 Å². The van der Waals surface area contributed by atoms with Gasteiger partial charge in [-0.2, -0.15) is 0 Å². The van der Waals surface area contributed by atoms with Crippen LogP contribution >= 0.6 is 24.2 Å². The summed E-state index contributed by atoms with van der Waals surface area (Å²) in [5, 5.41) is 4.39. The second kappa shape index (κ2) is 10.9. The standard InChI is InChI=1S/C27H32O2P.BrH/c1-27(2)28-22-23(29-27)14-12-13-21-30(24-15-6-3-7-16-24,25-17-8-4-9-18-25)26-19-10-5-11-20-26;/h3-11,15-20,23H,12-14,21-22H2,1-2H3;1H/q+1;. The van der Waals surface area contributed by atoms with E-state index in [1.165, 1.54) is 28.5 Å². The number of ether oxygens (including phenoxy) is 2. The van der Waals surface area contributed by atoms with Crippen molar-refractivity contribution in [3.8, 4) is 0 Å². The fourth-order valence-electron chi connectivity index (χ4n) is 4.51. The number of hydrogen-bond acceptors (Lipinski definition) is 2.